The first-order chi connectivity index (χ1) is 9.49. The Bertz CT molecular complexity index is 595. The second-order valence-electron chi connectivity index (χ2n) is 6.44. The van der Waals surface area contributed by atoms with Gasteiger partial charge < -0.3 is 0 Å². The summed E-state index contributed by atoms with van der Waals surface area (Å²) in [6, 6.07) is 14.1. The molecule has 0 amide bonds. The maximum atomic E-state index is 2.41. The predicted molar refractivity (Wildman–Crippen MR) is 81.9 cm³/mol. The van der Waals surface area contributed by atoms with Crippen LogP contribution in [0.3, 0.4) is 0 Å². The van der Waals surface area contributed by atoms with Crippen LogP contribution in [0.4, 0.5) is 0 Å². The fraction of sp³-hybridized carbons (Fsp3) is 0.368. The van der Waals surface area contributed by atoms with E-state index in [1.165, 1.54) is 33.4 Å². The SMILES string of the molecule is CC(C)c1ccc2c(c1)-c1cc(C(C)C)ccc1[CH]2[Ti]. The van der Waals surface area contributed by atoms with E-state index in [1.807, 2.05) is 0 Å². The molecule has 0 radical (unpaired) electrons. The monoisotopic (exact) mass is 297 g/mol. The Morgan fingerprint density at radius 1 is 0.750 bits per heavy atom. The van der Waals surface area contributed by atoms with E-state index in [4.69, 9.17) is 0 Å². The zero-order valence-corrected chi connectivity index (χ0v) is 14.3. The molecule has 0 aromatic heterocycles. The van der Waals surface area contributed by atoms with Crippen molar-refractivity contribution in [3.05, 3.63) is 58.7 Å². The van der Waals surface area contributed by atoms with Gasteiger partial charge in [0.15, 0.2) is 0 Å². The predicted octanol–water partition coefficient (Wildman–Crippen LogP) is 5.55. The van der Waals surface area contributed by atoms with E-state index < -0.39 is 0 Å². The van der Waals surface area contributed by atoms with E-state index in [2.05, 4.69) is 84.5 Å². The molecule has 2 aromatic carbocycles. The fourth-order valence-electron chi connectivity index (χ4n) is 3.00. The fourth-order valence-corrected chi connectivity index (χ4v) is 3.79. The molecule has 0 fully saturated rings. The van der Waals surface area contributed by atoms with Crippen molar-refractivity contribution < 1.29 is 20.4 Å². The first-order valence-electron chi connectivity index (χ1n) is 7.48. The van der Waals surface area contributed by atoms with Gasteiger partial charge in [-0.25, -0.2) is 0 Å². The number of hydrogen-bond donors (Lipinski definition) is 0. The van der Waals surface area contributed by atoms with Crippen LogP contribution in [0.5, 0.6) is 0 Å². The molecule has 0 spiro atoms. The van der Waals surface area contributed by atoms with E-state index in [0.717, 1.165) is 0 Å². The van der Waals surface area contributed by atoms with Crippen molar-refractivity contribution >= 4 is 0 Å². The van der Waals surface area contributed by atoms with Crippen LogP contribution < -0.4 is 0 Å². The standard InChI is InChI=1S/C19H21.Ti/c1-12(2)14-5-7-16-9-17-8-6-15(13(3)4)11-19(17)18(16)10-14;/h5-13H,1-4H3;. The number of benzene rings is 2. The van der Waals surface area contributed by atoms with Crippen molar-refractivity contribution in [3.63, 3.8) is 0 Å². The Balaban J connectivity index is 2.19. The molecule has 20 heavy (non-hydrogen) atoms. The molecular formula is C19H21Ti. The molecule has 1 aliphatic rings. The normalized spacial score (nSPS) is 13.8. The van der Waals surface area contributed by atoms with Gasteiger partial charge in [-0.3, -0.25) is 0 Å². The molecule has 3 rings (SSSR count). The third-order valence-corrected chi connectivity index (χ3v) is 5.37. The Hall–Kier alpha value is -0.846. The molecule has 0 unspecified atom stereocenters. The van der Waals surface area contributed by atoms with Gasteiger partial charge in [-0.2, -0.15) is 0 Å². The summed E-state index contributed by atoms with van der Waals surface area (Å²) in [4.78, 5) is 0. The van der Waals surface area contributed by atoms with Crippen LogP contribution in [-0.2, 0) is 20.4 Å². The zero-order valence-electron chi connectivity index (χ0n) is 12.7. The molecule has 101 valence electrons. The van der Waals surface area contributed by atoms with Gasteiger partial charge in [-0.1, -0.05) is 0 Å². The van der Waals surface area contributed by atoms with Crippen molar-refractivity contribution in [2.45, 2.75) is 43.8 Å². The van der Waals surface area contributed by atoms with E-state index >= 15 is 0 Å². The molecule has 0 heterocycles. The second kappa shape index (κ2) is 5.17. The molecule has 0 atom stereocenters. The number of hydrogen-bond acceptors (Lipinski definition) is 0. The van der Waals surface area contributed by atoms with Crippen molar-refractivity contribution in [2.24, 2.45) is 0 Å². The minimum atomic E-state index is 0.530. The molecule has 0 bridgehead atoms. The van der Waals surface area contributed by atoms with Crippen molar-refractivity contribution in [2.75, 3.05) is 0 Å². The second-order valence-corrected chi connectivity index (χ2v) is 7.34. The van der Waals surface area contributed by atoms with Crippen molar-refractivity contribution in [1.82, 2.24) is 0 Å². The van der Waals surface area contributed by atoms with Crippen LogP contribution in [0, 0.1) is 0 Å². The van der Waals surface area contributed by atoms with Gasteiger partial charge in [0.05, 0.1) is 0 Å². The minimum absolute atomic E-state index is 0.530. The van der Waals surface area contributed by atoms with Gasteiger partial charge in [0.1, 0.15) is 0 Å². The van der Waals surface area contributed by atoms with Gasteiger partial charge >= 0.3 is 134 Å². The third-order valence-electron chi connectivity index (χ3n) is 4.40. The summed E-state index contributed by atoms with van der Waals surface area (Å²) >= 11 is 2.33. The summed E-state index contributed by atoms with van der Waals surface area (Å²) < 4.78 is 0.530. The van der Waals surface area contributed by atoms with Crippen LogP contribution in [0.1, 0.15) is 66.0 Å². The van der Waals surface area contributed by atoms with Crippen LogP contribution in [-0.4, -0.2) is 0 Å². The quantitative estimate of drug-likeness (QED) is 0.637. The summed E-state index contributed by atoms with van der Waals surface area (Å²) in [6.07, 6.45) is 0. The number of fused-ring (bicyclic) bond motifs is 3. The van der Waals surface area contributed by atoms with Crippen molar-refractivity contribution in [1.29, 1.82) is 0 Å². The summed E-state index contributed by atoms with van der Waals surface area (Å²) in [5, 5.41) is 0. The van der Waals surface area contributed by atoms with Crippen LogP contribution in [0.15, 0.2) is 36.4 Å². The van der Waals surface area contributed by atoms with E-state index in [9.17, 15) is 0 Å². The maximum absolute atomic E-state index is 2.41. The first kappa shape index (κ1) is 14.1. The molecule has 0 aliphatic heterocycles. The van der Waals surface area contributed by atoms with Crippen LogP contribution in [0.2, 0.25) is 0 Å². The topological polar surface area (TPSA) is 0 Å². The Kier molecular flexibility index (Phi) is 3.64. The van der Waals surface area contributed by atoms with Gasteiger partial charge in [0.25, 0.3) is 0 Å². The molecule has 0 saturated carbocycles. The molecule has 2 aromatic rings. The van der Waals surface area contributed by atoms with Gasteiger partial charge in [-0.05, 0) is 0 Å². The Labute approximate surface area is 134 Å². The average molecular weight is 297 g/mol. The van der Waals surface area contributed by atoms with Crippen molar-refractivity contribution in [3.8, 4) is 11.1 Å². The van der Waals surface area contributed by atoms with E-state index in [0.29, 0.717) is 16.1 Å². The Morgan fingerprint density at radius 2 is 1.15 bits per heavy atom. The molecular weight excluding hydrogens is 276 g/mol. The molecule has 0 N–H and O–H groups in total. The summed E-state index contributed by atoms with van der Waals surface area (Å²) in [6.45, 7) is 9.08. The van der Waals surface area contributed by atoms with Gasteiger partial charge in [-0.15, -0.1) is 0 Å². The average Bonchev–Trinajstić information content (AvgIpc) is 2.71. The van der Waals surface area contributed by atoms with E-state index in [1.54, 1.807) is 0 Å². The summed E-state index contributed by atoms with van der Waals surface area (Å²) in [5.74, 6) is 1.18. The van der Waals surface area contributed by atoms with Crippen LogP contribution >= 0.6 is 0 Å². The van der Waals surface area contributed by atoms with Gasteiger partial charge in [0.2, 0.25) is 0 Å². The summed E-state index contributed by atoms with van der Waals surface area (Å²) in [7, 11) is 0. The molecule has 1 aliphatic carbocycles. The van der Waals surface area contributed by atoms with Crippen LogP contribution in [0.25, 0.3) is 11.1 Å². The molecule has 1 heteroatoms. The zero-order chi connectivity index (χ0) is 14.4. The van der Waals surface area contributed by atoms with E-state index in [-0.39, 0.29) is 0 Å². The Morgan fingerprint density at radius 3 is 1.50 bits per heavy atom. The third kappa shape index (κ3) is 2.20. The number of rotatable bonds is 2. The molecule has 0 saturated heterocycles. The summed E-state index contributed by atoms with van der Waals surface area (Å²) in [5.41, 5.74) is 8.79. The first-order valence-corrected chi connectivity index (χ1v) is 8.38. The van der Waals surface area contributed by atoms with Gasteiger partial charge in [0, 0.05) is 0 Å². The molecule has 0 nitrogen and oxygen atoms in total.